The smallest absolute Gasteiger partial charge is 0.122 e. The molecule has 0 amide bonds. The Morgan fingerprint density at radius 3 is 2.18 bits per heavy atom. The number of ether oxygens (including phenoxy) is 1. The first-order valence-corrected chi connectivity index (χ1v) is 8.08. The van der Waals surface area contributed by atoms with Crippen molar-refractivity contribution in [3.63, 3.8) is 0 Å². The van der Waals surface area contributed by atoms with Gasteiger partial charge in [0.05, 0.1) is 7.11 Å². The van der Waals surface area contributed by atoms with Crippen molar-refractivity contribution < 1.29 is 4.74 Å². The molecule has 0 N–H and O–H groups in total. The number of hydrogen-bond acceptors (Lipinski definition) is 2. The summed E-state index contributed by atoms with van der Waals surface area (Å²) in [5.74, 6) is 0.931. The summed E-state index contributed by atoms with van der Waals surface area (Å²) in [4.78, 5) is 0. The fourth-order valence-electron chi connectivity index (χ4n) is 2.17. The summed E-state index contributed by atoms with van der Waals surface area (Å²) < 4.78 is 5.36. The van der Waals surface area contributed by atoms with E-state index in [1.807, 2.05) is 38.1 Å². The van der Waals surface area contributed by atoms with Crippen LogP contribution in [0.5, 0.6) is 5.75 Å². The van der Waals surface area contributed by atoms with Crippen molar-refractivity contribution in [2.45, 2.75) is 27.2 Å². The molecule has 1 nitrogen and oxygen atoms in total. The molecule has 0 saturated carbocycles. The Hall–Kier alpha value is -1.93. The second-order valence-corrected chi connectivity index (χ2v) is 4.83. The minimum atomic E-state index is 0.931. The van der Waals surface area contributed by atoms with Crippen LogP contribution in [-0.2, 0) is 6.42 Å². The van der Waals surface area contributed by atoms with Crippen molar-refractivity contribution in [3.8, 4) is 5.75 Å². The third-order valence-electron chi connectivity index (χ3n) is 3.40. The van der Waals surface area contributed by atoms with Gasteiger partial charge in [0, 0.05) is 5.37 Å². The number of hydrogen-bond donors (Lipinski definition) is 0. The molecule has 2 rings (SSSR count). The maximum absolute atomic E-state index is 5.36. The molecule has 0 unspecified atom stereocenters. The van der Waals surface area contributed by atoms with Gasteiger partial charge in [-0.1, -0.05) is 69.9 Å². The minimum absolute atomic E-state index is 0.931. The molecule has 0 spiro atoms. The highest BCUT2D eigenvalue weighted by atomic mass is 32.1. The molecule has 2 heteroatoms. The summed E-state index contributed by atoms with van der Waals surface area (Å²) in [5.41, 5.74) is 5.48. The molecule has 0 radical (unpaired) electrons. The Balaban J connectivity index is 0.00000116. The highest BCUT2D eigenvalue weighted by molar-refractivity contribution is 7.79. The molecule has 2 aromatic rings. The molecule has 0 heterocycles. The second kappa shape index (κ2) is 9.16. The predicted octanol–water partition coefficient (Wildman–Crippen LogP) is 5.69. The van der Waals surface area contributed by atoms with E-state index in [4.69, 9.17) is 17.0 Å². The molecule has 0 atom stereocenters. The summed E-state index contributed by atoms with van der Waals surface area (Å²) in [6.45, 7) is 10.3. The van der Waals surface area contributed by atoms with Crippen LogP contribution in [0.15, 0.2) is 49.0 Å². The van der Waals surface area contributed by atoms with Gasteiger partial charge in [0.2, 0.25) is 0 Å². The van der Waals surface area contributed by atoms with Gasteiger partial charge in [0.1, 0.15) is 5.75 Å². The summed E-state index contributed by atoms with van der Waals surface area (Å²) in [5, 5.41) is 1.68. The van der Waals surface area contributed by atoms with E-state index in [2.05, 4.69) is 31.7 Å². The van der Waals surface area contributed by atoms with E-state index in [-0.39, 0.29) is 0 Å². The molecule has 0 saturated heterocycles. The Labute approximate surface area is 139 Å². The molecule has 22 heavy (non-hydrogen) atoms. The summed E-state index contributed by atoms with van der Waals surface area (Å²) in [7, 11) is 1.70. The van der Waals surface area contributed by atoms with Crippen molar-refractivity contribution >= 4 is 23.2 Å². The monoisotopic (exact) mass is 312 g/mol. The quantitative estimate of drug-likeness (QED) is 0.656. The zero-order valence-corrected chi connectivity index (χ0v) is 14.7. The first-order chi connectivity index (χ1) is 10.7. The van der Waals surface area contributed by atoms with Gasteiger partial charge in [-0.05, 0) is 46.4 Å². The Morgan fingerprint density at radius 2 is 1.68 bits per heavy atom. The fourth-order valence-corrected chi connectivity index (χ4v) is 2.33. The molecule has 0 aliphatic heterocycles. The second-order valence-electron chi connectivity index (χ2n) is 4.60. The van der Waals surface area contributed by atoms with Gasteiger partial charge in [-0.15, -0.1) is 0 Å². The number of benzene rings is 2. The van der Waals surface area contributed by atoms with E-state index in [0.717, 1.165) is 34.4 Å². The lowest BCUT2D eigenvalue weighted by Gasteiger charge is -2.11. The first-order valence-electron chi connectivity index (χ1n) is 7.61. The van der Waals surface area contributed by atoms with Crippen LogP contribution in [-0.4, -0.2) is 12.5 Å². The SMILES string of the molecule is C=C(c1ccc(C=S)cc1)c1ccc(OC)c(CC)c1.CC. The van der Waals surface area contributed by atoms with Gasteiger partial charge >= 0.3 is 0 Å². The molecular weight excluding hydrogens is 288 g/mol. The van der Waals surface area contributed by atoms with Gasteiger partial charge in [-0.2, -0.15) is 0 Å². The lowest BCUT2D eigenvalue weighted by molar-refractivity contribution is 0.410. The number of rotatable bonds is 5. The van der Waals surface area contributed by atoms with E-state index in [9.17, 15) is 0 Å². The normalized spacial score (nSPS) is 9.45. The largest absolute Gasteiger partial charge is 0.496 e. The average molecular weight is 312 g/mol. The molecular formula is C20H24OS. The van der Waals surface area contributed by atoms with Crippen LogP contribution in [0.2, 0.25) is 0 Å². The number of aryl methyl sites for hydroxylation is 1. The summed E-state index contributed by atoms with van der Waals surface area (Å²) in [6, 6.07) is 14.3. The van der Waals surface area contributed by atoms with Gasteiger partial charge in [-0.3, -0.25) is 0 Å². The van der Waals surface area contributed by atoms with Crippen LogP contribution in [0.4, 0.5) is 0 Å². The van der Waals surface area contributed by atoms with Gasteiger partial charge in [0.25, 0.3) is 0 Å². The van der Waals surface area contributed by atoms with Crippen molar-refractivity contribution in [1.29, 1.82) is 0 Å². The fraction of sp³-hybridized carbons (Fsp3) is 0.250. The number of thiocarbonyl (C=S) groups is 1. The van der Waals surface area contributed by atoms with E-state index in [1.54, 1.807) is 12.5 Å². The Morgan fingerprint density at radius 1 is 1.09 bits per heavy atom. The van der Waals surface area contributed by atoms with Crippen molar-refractivity contribution in [1.82, 2.24) is 0 Å². The van der Waals surface area contributed by atoms with Gasteiger partial charge in [-0.25, -0.2) is 0 Å². The van der Waals surface area contributed by atoms with E-state index < -0.39 is 0 Å². The topological polar surface area (TPSA) is 9.23 Å². The third kappa shape index (κ3) is 4.28. The average Bonchev–Trinajstić information content (AvgIpc) is 2.62. The minimum Gasteiger partial charge on any atom is -0.496 e. The maximum Gasteiger partial charge on any atom is 0.122 e. The van der Waals surface area contributed by atoms with E-state index in [0.29, 0.717) is 0 Å². The van der Waals surface area contributed by atoms with E-state index in [1.165, 1.54) is 5.56 Å². The van der Waals surface area contributed by atoms with Crippen molar-refractivity contribution in [3.05, 3.63) is 71.3 Å². The zero-order chi connectivity index (χ0) is 16.5. The highest BCUT2D eigenvalue weighted by Gasteiger charge is 2.07. The van der Waals surface area contributed by atoms with Crippen molar-refractivity contribution in [2.24, 2.45) is 0 Å². The molecule has 116 valence electrons. The summed E-state index contributed by atoms with van der Waals surface area (Å²) in [6.07, 6.45) is 0.939. The van der Waals surface area contributed by atoms with Crippen LogP contribution >= 0.6 is 12.2 Å². The summed E-state index contributed by atoms with van der Waals surface area (Å²) >= 11 is 4.92. The molecule has 0 aliphatic carbocycles. The predicted molar refractivity (Wildman–Crippen MR) is 101 cm³/mol. The standard InChI is InChI=1S/C18H18OS.C2H6/c1-4-15-11-17(9-10-18(15)19-3)13(2)16-7-5-14(12-20)6-8-16;1-2/h5-12H,2,4H2,1,3H3;1-2H3. The Bertz CT molecular complexity index is 627. The molecule has 0 aliphatic rings. The molecule has 0 bridgehead atoms. The molecule has 0 aromatic heterocycles. The highest BCUT2D eigenvalue weighted by Crippen LogP contribution is 2.27. The maximum atomic E-state index is 5.36. The van der Waals surface area contributed by atoms with E-state index >= 15 is 0 Å². The first kappa shape index (κ1) is 18.1. The van der Waals surface area contributed by atoms with Gasteiger partial charge < -0.3 is 4.74 Å². The van der Waals surface area contributed by atoms with Crippen LogP contribution in [0.3, 0.4) is 0 Å². The van der Waals surface area contributed by atoms with Gasteiger partial charge in [0.15, 0.2) is 0 Å². The van der Waals surface area contributed by atoms with Crippen LogP contribution < -0.4 is 4.74 Å². The Kier molecular flexibility index (Phi) is 7.55. The van der Waals surface area contributed by atoms with Crippen LogP contribution in [0.1, 0.15) is 43.0 Å². The lowest BCUT2D eigenvalue weighted by Crippen LogP contribution is -1.94. The molecule has 0 fully saturated rings. The van der Waals surface area contributed by atoms with Crippen LogP contribution in [0, 0.1) is 0 Å². The zero-order valence-electron chi connectivity index (χ0n) is 13.8. The molecule has 2 aromatic carbocycles. The number of methoxy groups -OCH3 is 1. The van der Waals surface area contributed by atoms with Crippen LogP contribution in [0.25, 0.3) is 5.57 Å². The lowest BCUT2D eigenvalue weighted by atomic mass is 9.96. The third-order valence-corrected chi connectivity index (χ3v) is 3.68. The van der Waals surface area contributed by atoms with Crippen molar-refractivity contribution in [2.75, 3.05) is 7.11 Å².